The first-order chi connectivity index (χ1) is 9.86. The monoisotopic (exact) mass is 290 g/mol. The molecule has 9 heteroatoms. The van der Waals surface area contributed by atoms with Gasteiger partial charge in [0.2, 0.25) is 5.95 Å². The molecule has 2 aromatic rings. The van der Waals surface area contributed by atoms with Crippen molar-refractivity contribution < 1.29 is 9.72 Å². The Kier molecular flexibility index (Phi) is 3.92. The number of aryl methyl sites for hydroxylation is 2. The Hall–Kier alpha value is -2.84. The number of hydrogen-bond acceptors (Lipinski definition) is 6. The maximum absolute atomic E-state index is 12.1. The molecule has 2 heterocycles. The average Bonchev–Trinajstić information content (AvgIpc) is 2.86. The van der Waals surface area contributed by atoms with Gasteiger partial charge in [-0.05, 0) is 26.8 Å². The zero-order valence-electron chi connectivity index (χ0n) is 11.8. The Labute approximate surface area is 120 Å². The molecule has 0 unspecified atom stereocenters. The van der Waals surface area contributed by atoms with Crippen LogP contribution >= 0.6 is 0 Å². The van der Waals surface area contributed by atoms with Gasteiger partial charge >= 0.3 is 5.69 Å². The summed E-state index contributed by atoms with van der Waals surface area (Å²) in [7, 11) is 0. The zero-order valence-corrected chi connectivity index (χ0v) is 11.8. The maximum atomic E-state index is 12.1. The second-order valence-electron chi connectivity index (χ2n) is 4.58. The zero-order chi connectivity index (χ0) is 15.6. The molecule has 0 aliphatic heterocycles. The van der Waals surface area contributed by atoms with Crippen LogP contribution in [-0.2, 0) is 4.79 Å². The van der Waals surface area contributed by atoms with Gasteiger partial charge in [-0.2, -0.15) is 5.10 Å². The van der Waals surface area contributed by atoms with Crippen LogP contribution in [0, 0.1) is 24.0 Å². The van der Waals surface area contributed by atoms with Crippen molar-refractivity contribution in [2.45, 2.75) is 26.8 Å². The molecular formula is C12H14N6O3. The van der Waals surface area contributed by atoms with Crippen LogP contribution in [0.4, 0.5) is 11.6 Å². The van der Waals surface area contributed by atoms with Gasteiger partial charge in [0.15, 0.2) is 0 Å². The minimum Gasteiger partial charge on any atom is -0.293 e. The lowest BCUT2D eigenvalue weighted by Gasteiger charge is -2.11. The van der Waals surface area contributed by atoms with E-state index in [4.69, 9.17) is 0 Å². The van der Waals surface area contributed by atoms with E-state index >= 15 is 0 Å². The Balaban J connectivity index is 2.13. The number of nitrogens with zero attached hydrogens (tertiary/aromatic N) is 5. The molecule has 0 aliphatic carbocycles. The fraction of sp³-hybridized carbons (Fsp3) is 0.333. The van der Waals surface area contributed by atoms with Gasteiger partial charge in [0.1, 0.15) is 18.4 Å². The summed E-state index contributed by atoms with van der Waals surface area (Å²) in [6, 6.07) is 1.07. The third-order valence-electron chi connectivity index (χ3n) is 2.79. The van der Waals surface area contributed by atoms with Crippen molar-refractivity contribution in [3.63, 3.8) is 0 Å². The lowest BCUT2D eigenvalue weighted by atomic mass is 10.3. The summed E-state index contributed by atoms with van der Waals surface area (Å²) in [5.41, 5.74) is 1.30. The Morgan fingerprint density at radius 1 is 1.38 bits per heavy atom. The van der Waals surface area contributed by atoms with Crippen molar-refractivity contribution in [2.75, 3.05) is 5.32 Å². The van der Waals surface area contributed by atoms with Gasteiger partial charge in [0.05, 0.1) is 4.92 Å². The molecule has 0 spiro atoms. The molecule has 0 aromatic carbocycles. The van der Waals surface area contributed by atoms with E-state index in [1.165, 1.54) is 10.9 Å². The predicted molar refractivity (Wildman–Crippen MR) is 73.7 cm³/mol. The molecule has 110 valence electrons. The quantitative estimate of drug-likeness (QED) is 0.672. The van der Waals surface area contributed by atoms with E-state index in [0.717, 1.165) is 17.6 Å². The minimum atomic E-state index is -0.719. The predicted octanol–water partition coefficient (Wildman–Crippen LogP) is 1.40. The molecule has 0 radical (unpaired) electrons. The highest BCUT2D eigenvalue weighted by molar-refractivity contribution is 5.91. The Morgan fingerprint density at radius 3 is 2.52 bits per heavy atom. The van der Waals surface area contributed by atoms with Gasteiger partial charge in [0, 0.05) is 11.4 Å². The third-order valence-corrected chi connectivity index (χ3v) is 2.79. The number of anilines is 1. The van der Waals surface area contributed by atoms with Crippen LogP contribution in [0.5, 0.6) is 0 Å². The number of carbonyl (C=O) groups excluding carboxylic acids is 1. The van der Waals surface area contributed by atoms with Crippen molar-refractivity contribution in [1.29, 1.82) is 0 Å². The number of carbonyl (C=O) groups is 1. The number of nitro groups is 1. The normalized spacial score (nSPS) is 12.0. The minimum absolute atomic E-state index is 0.169. The molecule has 1 N–H and O–H groups in total. The van der Waals surface area contributed by atoms with Gasteiger partial charge in [-0.15, -0.1) is 0 Å². The molecule has 0 saturated carbocycles. The molecule has 9 nitrogen and oxygen atoms in total. The van der Waals surface area contributed by atoms with Gasteiger partial charge in [-0.25, -0.2) is 9.97 Å². The van der Waals surface area contributed by atoms with E-state index in [0.29, 0.717) is 0 Å². The van der Waals surface area contributed by atoms with E-state index in [1.807, 2.05) is 0 Å². The highest BCUT2D eigenvalue weighted by atomic mass is 16.6. The molecule has 0 aliphatic rings. The Bertz CT molecular complexity index is 676. The molecule has 0 saturated heterocycles. The summed E-state index contributed by atoms with van der Waals surface area (Å²) in [4.78, 5) is 30.3. The lowest BCUT2D eigenvalue weighted by Crippen LogP contribution is -2.25. The molecule has 0 bridgehead atoms. The largest absolute Gasteiger partial charge is 0.307 e. The van der Waals surface area contributed by atoms with Crippen LogP contribution in [0.15, 0.2) is 18.5 Å². The number of nitrogens with one attached hydrogen (secondary N) is 1. The summed E-state index contributed by atoms with van der Waals surface area (Å²) in [5.74, 6) is -0.205. The first kappa shape index (κ1) is 14.6. The maximum Gasteiger partial charge on any atom is 0.307 e. The number of hydrogen-bond donors (Lipinski definition) is 1. The first-order valence-electron chi connectivity index (χ1n) is 6.18. The van der Waals surface area contributed by atoms with E-state index in [1.54, 1.807) is 26.8 Å². The topological polar surface area (TPSA) is 116 Å². The molecule has 1 atom stereocenters. The van der Waals surface area contributed by atoms with Crippen LogP contribution in [-0.4, -0.2) is 30.6 Å². The van der Waals surface area contributed by atoms with Crippen LogP contribution in [0.1, 0.15) is 24.4 Å². The van der Waals surface area contributed by atoms with E-state index in [9.17, 15) is 14.9 Å². The van der Waals surface area contributed by atoms with Crippen molar-refractivity contribution >= 4 is 17.5 Å². The van der Waals surface area contributed by atoms with E-state index < -0.39 is 16.9 Å². The van der Waals surface area contributed by atoms with E-state index in [-0.39, 0.29) is 11.6 Å². The van der Waals surface area contributed by atoms with E-state index in [2.05, 4.69) is 20.4 Å². The summed E-state index contributed by atoms with van der Waals surface area (Å²) < 4.78 is 1.22. The van der Waals surface area contributed by atoms with Crippen molar-refractivity contribution in [1.82, 2.24) is 19.7 Å². The van der Waals surface area contributed by atoms with Crippen LogP contribution in [0.25, 0.3) is 0 Å². The molecule has 1 amide bonds. The molecule has 21 heavy (non-hydrogen) atoms. The number of amides is 1. The molecular weight excluding hydrogens is 276 g/mol. The van der Waals surface area contributed by atoms with Crippen LogP contribution in [0.2, 0.25) is 0 Å². The fourth-order valence-corrected chi connectivity index (χ4v) is 1.75. The summed E-state index contributed by atoms with van der Waals surface area (Å²) in [6.07, 6.45) is 2.30. The third kappa shape index (κ3) is 3.38. The summed E-state index contributed by atoms with van der Waals surface area (Å²) in [5, 5.41) is 17.0. The van der Waals surface area contributed by atoms with Crippen LogP contribution in [0.3, 0.4) is 0 Å². The first-order valence-corrected chi connectivity index (χ1v) is 6.18. The van der Waals surface area contributed by atoms with Gasteiger partial charge in [-0.3, -0.25) is 24.9 Å². The molecule has 2 aromatic heterocycles. The van der Waals surface area contributed by atoms with Crippen molar-refractivity contribution in [3.05, 3.63) is 40.0 Å². The lowest BCUT2D eigenvalue weighted by molar-refractivity contribution is -0.385. The average molecular weight is 290 g/mol. The summed E-state index contributed by atoms with van der Waals surface area (Å²) >= 11 is 0. The SMILES string of the molecule is Cc1cc(C)nc(NC(=O)[C@H](C)n2cc([N+](=O)[O-])cn2)n1. The van der Waals surface area contributed by atoms with Gasteiger partial charge < -0.3 is 0 Å². The Morgan fingerprint density at radius 2 is 2.00 bits per heavy atom. The standard InChI is InChI=1S/C12H14N6O3/c1-7-4-8(2)15-12(14-7)16-11(19)9(3)17-6-10(5-13-17)18(20)21/h4-6,9H,1-3H3,(H,14,15,16,19)/t9-/m0/s1. The second-order valence-corrected chi connectivity index (χ2v) is 4.58. The smallest absolute Gasteiger partial charge is 0.293 e. The van der Waals surface area contributed by atoms with Gasteiger partial charge in [0.25, 0.3) is 5.91 Å². The second kappa shape index (κ2) is 5.65. The van der Waals surface area contributed by atoms with Crippen LogP contribution < -0.4 is 5.32 Å². The highest BCUT2D eigenvalue weighted by Crippen LogP contribution is 2.14. The number of rotatable bonds is 4. The van der Waals surface area contributed by atoms with Crippen molar-refractivity contribution in [3.8, 4) is 0 Å². The fourth-order valence-electron chi connectivity index (χ4n) is 1.75. The highest BCUT2D eigenvalue weighted by Gasteiger charge is 2.20. The molecule has 0 fully saturated rings. The number of aromatic nitrogens is 4. The molecule has 2 rings (SSSR count). The summed E-state index contributed by atoms with van der Waals surface area (Å²) in [6.45, 7) is 5.17. The van der Waals surface area contributed by atoms with Gasteiger partial charge in [-0.1, -0.05) is 0 Å². The van der Waals surface area contributed by atoms with Crippen molar-refractivity contribution in [2.24, 2.45) is 0 Å².